The molecule has 4 aliphatic carbocycles. The summed E-state index contributed by atoms with van der Waals surface area (Å²) in [4.78, 5) is 12.8. The number of carbonyl (C=O) groups is 1. The molecule has 6 rings (SSSR count). The average Bonchev–Trinajstić information content (AvgIpc) is 3.15. The first-order valence-corrected chi connectivity index (χ1v) is 12.6. The molecule has 164 valence electrons. The smallest absolute Gasteiger partial charge is 0.315 e. The molecule has 30 heavy (non-hydrogen) atoms. The molecule has 1 heterocycles. The number of carbonyl (C=O) groups excluding carboxylic acids is 1. The summed E-state index contributed by atoms with van der Waals surface area (Å²) in [6, 6.07) is 4.47. The molecule has 4 bridgehead atoms. The minimum absolute atomic E-state index is 0.0611. The summed E-state index contributed by atoms with van der Waals surface area (Å²) >= 11 is 0. The number of rotatable bonds is 5. The van der Waals surface area contributed by atoms with Gasteiger partial charge in [0.05, 0.1) is 4.90 Å². The second-order valence-corrected chi connectivity index (χ2v) is 11.8. The predicted molar refractivity (Wildman–Crippen MR) is 111 cm³/mol. The fraction of sp³-hybridized carbons (Fsp3) is 0.682. The van der Waals surface area contributed by atoms with Gasteiger partial charge in [-0.25, -0.2) is 17.6 Å². The van der Waals surface area contributed by atoms with Crippen LogP contribution in [0.1, 0.15) is 51.4 Å². The van der Waals surface area contributed by atoms with E-state index in [1.807, 2.05) is 0 Å². The summed E-state index contributed by atoms with van der Waals surface area (Å²) in [5, 5.41) is 6.23. The van der Waals surface area contributed by atoms with Crippen LogP contribution in [0.4, 0.5) is 9.18 Å². The molecule has 1 atom stereocenters. The Morgan fingerprint density at radius 3 is 2.27 bits per heavy atom. The Bertz CT molecular complexity index is 883. The fourth-order valence-electron chi connectivity index (χ4n) is 6.83. The normalized spacial score (nSPS) is 35.5. The van der Waals surface area contributed by atoms with Crippen molar-refractivity contribution in [1.29, 1.82) is 0 Å². The summed E-state index contributed by atoms with van der Waals surface area (Å²) in [5.74, 6) is 1.79. The average molecular weight is 436 g/mol. The molecule has 5 aliphatic rings. The van der Waals surface area contributed by atoms with Gasteiger partial charge < -0.3 is 10.6 Å². The van der Waals surface area contributed by atoms with Crippen molar-refractivity contribution in [2.45, 2.75) is 67.8 Å². The van der Waals surface area contributed by atoms with Crippen LogP contribution in [0.15, 0.2) is 29.2 Å². The molecule has 8 heteroatoms. The van der Waals surface area contributed by atoms with Crippen LogP contribution in [0.2, 0.25) is 0 Å². The Morgan fingerprint density at radius 1 is 1.07 bits per heavy atom. The third kappa shape index (κ3) is 3.73. The van der Waals surface area contributed by atoms with Crippen molar-refractivity contribution >= 4 is 16.1 Å². The first kappa shape index (κ1) is 20.2. The minimum Gasteiger partial charge on any atom is -0.337 e. The molecule has 6 nitrogen and oxygen atoms in total. The minimum atomic E-state index is -3.70. The van der Waals surface area contributed by atoms with Crippen LogP contribution in [0.25, 0.3) is 0 Å². The van der Waals surface area contributed by atoms with Gasteiger partial charge in [0, 0.05) is 24.7 Å². The Labute approximate surface area is 177 Å². The van der Waals surface area contributed by atoms with Crippen molar-refractivity contribution in [3.63, 3.8) is 0 Å². The second-order valence-electron chi connectivity index (χ2n) is 9.90. The van der Waals surface area contributed by atoms with Gasteiger partial charge in [0.15, 0.2) is 0 Å². The van der Waals surface area contributed by atoms with Crippen LogP contribution in [-0.4, -0.2) is 43.4 Å². The van der Waals surface area contributed by atoms with Crippen LogP contribution < -0.4 is 10.6 Å². The van der Waals surface area contributed by atoms with Gasteiger partial charge in [-0.1, -0.05) is 0 Å². The van der Waals surface area contributed by atoms with E-state index in [2.05, 4.69) is 10.6 Å². The van der Waals surface area contributed by atoms with Crippen LogP contribution >= 0.6 is 0 Å². The predicted octanol–water partition coefficient (Wildman–Crippen LogP) is 3.25. The van der Waals surface area contributed by atoms with Gasteiger partial charge in [0.25, 0.3) is 0 Å². The van der Waals surface area contributed by atoms with E-state index in [0.29, 0.717) is 19.5 Å². The van der Waals surface area contributed by atoms with E-state index < -0.39 is 15.8 Å². The number of hydrogen-bond donors (Lipinski definition) is 2. The molecule has 2 amide bonds. The van der Waals surface area contributed by atoms with E-state index >= 15 is 0 Å². The molecule has 0 aromatic heterocycles. The number of urea groups is 1. The maximum absolute atomic E-state index is 13.2. The lowest BCUT2D eigenvalue weighted by atomic mass is 9.53. The van der Waals surface area contributed by atoms with E-state index in [9.17, 15) is 17.6 Å². The summed E-state index contributed by atoms with van der Waals surface area (Å²) in [5.41, 5.74) is -0.0611. The molecule has 0 radical (unpaired) electrons. The number of amides is 2. The van der Waals surface area contributed by atoms with Crippen molar-refractivity contribution in [1.82, 2.24) is 14.9 Å². The van der Waals surface area contributed by atoms with Crippen LogP contribution in [0.5, 0.6) is 0 Å². The highest BCUT2D eigenvalue weighted by Crippen LogP contribution is 2.55. The lowest BCUT2D eigenvalue weighted by Gasteiger charge is -2.56. The van der Waals surface area contributed by atoms with E-state index in [-0.39, 0.29) is 22.5 Å². The van der Waals surface area contributed by atoms with Crippen LogP contribution in [0, 0.1) is 23.6 Å². The van der Waals surface area contributed by atoms with Gasteiger partial charge >= 0.3 is 6.03 Å². The highest BCUT2D eigenvalue weighted by Gasteiger charge is 2.51. The molecule has 1 aromatic rings. The van der Waals surface area contributed by atoms with Crippen molar-refractivity contribution in [2.24, 2.45) is 17.8 Å². The molecule has 2 N–H and O–H groups in total. The number of sulfonamides is 1. The topological polar surface area (TPSA) is 78.5 Å². The highest BCUT2D eigenvalue weighted by molar-refractivity contribution is 7.89. The van der Waals surface area contributed by atoms with Gasteiger partial charge in [-0.3, -0.25) is 0 Å². The number of hydrogen-bond acceptors (Lipinski definition) is 3. The SMILES string of the molecule is O=C(NCC1CCCN1S(=O)(=O)c1ccc(F)cc1)NC12CC3C[C@H](C1)C[C@@H](C3)C2. The van der Waals surface area contributed by atoms with Crippen LogP contribution in [0.3, 0.4) is 0 Å². The third-order valence-electron chi connectivity index (χ3n) is 7.66. The highest BCUT2D eigenvalue weighted by atomic mass is 32.2. The zero-order valence-corrected chi connectivity index (χ0v) is 18.0. The number of benzene rings is 1. The lowest BCUT2D eigenvalue weighted by Crippen LogP contribution is -2.62. The largest absolute Gasteiger partial charge is 0.337 e. The maximum Gasteiger partial charge on any atom is 0.315 e. The van der Waals surface area contributed by atoms with Crippen molar-refractivity contribution in [2.75, 3.05) is 13.1 Å². The molecule has 5 fully saturated rings. The Morgan fingerprint density at radius 2 is 1.67 bits per heavy atom. The quantitative estimate of drug-likeness (QED) is 0.745. The zero-order chi connectivity index (χ0) is 20.9. The van der Waals surface area contributed by atoms with Crippen molar-refractivity contribution in [3.05, 3.63) is 30.1 Å². The van der Waals surface area contributed by atoms with E-state index in [4.69, 9.17) is 0 Å². The Kier molecular flexibility index (Phi) is 5.05. The molecule has 1 aliphatic heterocycles. The maximum atomic E-state index is 13.2. The molecule has 1 saturated heterocycles. The second kappa shape index (κ2) is 7.48. The van der Waals surface area contributed by atoms with Crippen molar-refractivity contribution < 1.29 is 17.6 Å². The molecule has 4 saturated carbocycles. The molecular weight excluding hydrogens is 405 g/mol. The molecular formula is C22H30FN3O3S. The monoisotopic (exact) mass is 435 g/mol. The fourth-order valence-corrected chi connectivity index (χ4v) is 8.52. The van der Waals surface area contributed by atoms with E-state index in [1.54, 1.807) is 0 Å². The molecule has 0 spiro atoms. The van der Waals surface area contributed by atoms with Gasteiger partial charge in [0.2, 0.25) is 10.0 Å². The lowest BCUT2D eigenvalue weighted by molar-refractivity contribution is -0.0135. The van der Waals surface area contributed by atoms with Gasteiger partial charge in [-0.05, 0) is 93.4 Å². The number of nitrogens with one attached hydrogen (secondary N) is 2. The Balaban J connectivity index is 1.21. The van der Waals surface area contributed by atoms with Gasteiger partial charge in [0.1, 0.15) is 5.82 Å². The first-order chi connectivity index (χ1) is 14.3. The number of halogens is 1. The van der Waals surface area contributed by atoms with Gasteiger partial charge in [-0.2, -0.15) is 4.31 Å². The molecule has 1 unspecified atom stereocenters. The first-order valence-electron chi connectivity index (χ1n) is 11.2. The van der Waals surface area contributed by atoms with E-state index in [0.717, 1.165) is 55.6 Å². The summed E-state index contributed by atoms with van der Waals surface area (Å²) < 4.78 is 40.6. The Hall–Kier alpha value is -1.67. The summed E-state index contributed by atoms with van der Waals surface area (Å²) in [6.45, 7) is 0.710. The zero-order valence-electron chi connectivity index (χ0n) is 17.1. The van der Waals surface area contributed by atoms with Gasteiger partial charge in [-0.15, -0.1) is 0 Å². The standard InChI is InChI=1S/C22H30FN3O3S/c23-18-3-5-20(6-4-18)30(28,29)26-7-1-2-19(26)14-24-21(27)25-22-11-15-8-16(12-22)10-17(9-15)13-22/h3-6,15-17,19H,1-2,7-14H2,(H2,24,25,27)/t15-,16+,17?,19?,22?. The molecule has 1 aromatic carbocycles. The van der Waals surface area contributed by atoms with E-state index in [1.165, 1.54) is 35.7 Å². The van der Waals surface area contributed by atoms with Crippen LogP contribution in [-0.2, 0) is 10.0 Å². The summed E-state index contributed by atoms with van der Waals surface area (Å²) in [7, 11) is -3.70. The van der Waals surface area contributed by atoms with Crippen molar-refractivity contribution in [3.8, 4) is 0 Å². The summed E-state index contributed by atoms with van der Waals surface area (Å²) in [6.07, 6.45) is 8.67. The number of nitrogens with zero attached hydrogens (tertiary/aromatic N) is 1. The third-order valence-corrected chi connectivity index (χ3v) is 9.62.